The first-order valence-corrected chi connectivity index (χ1v) is 9.85. The van der Waals surface area contributed by atoms with Crippen LogP contribution in [-0.4, -0.2) is 23.5 Å². The van der Waals surface area contributed by atoms with Crippen molar-refractivity contribution in [1.82, 2.24) is 4.98 Å². The van der Waals surface area contributed by atoms with E-state index < -0.39 is 0 Å². The molecule has 142 valence electrons. The van der Waals surface area contributed by atoms with Crippen molar-refractivity contribution in [3.63, 3.8) is 0 Å². The van der Waals surface area contributed by atoms with Crippen LogP contribution in [0.25, 0.3) is 0 Å². The van der Waals surface area contributed by atoms with Gasteiger partial charge in [-0.25, -0.2) is 9.78 Å². The normalized spacial score (nSPS) is 12.6. The van der Waals surface area contributed by atoms with E-state index in [2.05, 4.69) is 15.6 Å². The lowest BCUT2D eigenvalue weighted by Gasteiger charge is -2.16. The van der Waals surface area contributed by atoms with E-state index in [0.29, 0.717) is 27.9 Å². The van der Waals surface area contributed by atoms with Crippen LogP contribution in [0.2, 0.25) is 0 Å². The van der Waals surface area contributed by atoms with Gasteiger partial charge in [-0.05, 0) is 44.0 Å². The molecule has 1 aromatic heterocycles. The Bertz CT molecular complexity index is 1040. The van der Waals surface area contributed by atoms with Crippen LogP contribution in [-0.2, 0) is 6.42 Å². The van der Waals surface area contributed by atoms with Gasteiger partial charge in [0, 0.05) is 17.9 Å². The van der Waals surface area contributed by atoms with Gasteiger partial charge in [-0.15, -0.1) is 0 Å². The number of fused-ring (bicyclic) bond motifs is 1. The fourth-order valence-electron chi connectivity index (χ4n) is 3.22. The molecule has 0 atom stereocenters. The largest absolute Gasteiger partial charge is 0.325 e. The number of para-hydroxylation sites is 1. The van der Waals surface area contributed by atoms with Gasteiger partial charge in [0.2, 0.25) is 0 Å². The van der Waals surface area contributed by atoms with E-state index >= 15 is 0 Å². The molecule has 0 saturated heterocycles. The SMILES string of the molecule is Cc1ccc(NC(=O)Nc2nc(C)c(C(=O)N3CCc4ccccc43)s2)cc1. The minimum Gasteiger partial charge on any atom is -0.308 e. The van der Waals surface area contributed by atoms with E-state index in [0.717, 1.165) is 17.7 Å². The molecule has 6 nitrogen and oxygen atoms in total. The molecule has 2 aromatic carbocycles. The third-order valence-electron chi connectivity index (χ3n) is 4.65. The highest BCUT2D eigenvalue weighted by molar-refractivity contribution is 7.17. The van der Waals surface area contributed by atoms with E-state index in [1.54, 1.807) is 11.8 Å². The Kier molecular flexibility index (Phi) is 4.83. The number of hydrogen-bond acceptors (Lipinski definition) is 4. The van der Waals surface area contributed by atoms with E-state index in [1.165, 1.54) is 16.9 Å². The topological polar surface area (TPSA) is 74.3 Å². The number of aromatic nitrogens is 1. The predicted octanol–water partition coefficient (Wildman–Crippen LogP) is 4.61. The molecule has 1 aliphatic heterocycles. The summed E-state index contributed by atoms with van der Waals surface area (Å²) in [6.07, 6.45) is 0.851. The van der Waals surface area contributed by atoms with Gasteiger partial charge < -0.3 is 10.2 Å². The summed E-state index contributed by atoms with van der Waals surface area (Å²) in [7, 11) is 0. The maximum absolute atomic E-state index is 13.0. The Balaban J connectivity index is 1.47. The van der Waals surface area contributed by atoms with Crippen LogP contribution in [0.1, 0.15) is 26.5 Å². The van der Waals surface area contributed by atoms with Gasteiger partial charge in [0.05, 0.1) is 5.69 Å². The van der Waals surface area contributed by atoms with Gasteiger partial charge in [-0.3, -0.25) is 10.1 Å². The molecule has 1 aliphatic rings. The maximum Gasteiger partial charge on any atom is 0.325 e. The Morgan fingerprint density at radius 2 is 1.79 bits per heavy atom. The zero-order valence-corrected chi connectivity index (χ0v) is 16.5. The number of rotatable bonds is 3. The van der Waals surface area contributed by atoms with Crippen LogP contribution >= 0.6 is 11.3 Å². The monoisotopic (exact) mass is 392 g/mol. The highest BCUT2D eigenvalue weighted by atomic mass is 32.1. The number of carbonyl (C=O) groups excluding carboxylic acids is 2. The van der Waals surface area contributed by atoms with Crippen LogP contribution in [0.15, 0.2) is 48.5 Å². The molecule has 3 aromatic rings. The standard InChI is InChI=1S/C21H20N4O2S/c1-13-7-9-16(10-8-13)23-20(27)24-21-22-14(2)18(28-21)19(26)25-12-11-15-5-3-4-6-17(15)25/h3-10H,11-12H2,1-2H3,(H2,22,23,24,27). The number of nitrogens with one attached hydrogen (secondary N) is 2. The average Bonchev–Trinajstić information content (AvgIpc) is 3.26. The summed E-state index contributed by atoms with van der Waals surface area (Å²) >= 11 is 1.20. The first kappa shape index (κ1) is 18.2. The Labute approximate surface area is 167 Å². The predicted molar refractivity (Wildman–Crippen MR) is 112 cm³/mol. The summed E-state index contributed by atoms with van der Waals surface area (Å²) in [6.45, 7) is 4.43. The molecular formula is C21H20N4O2S. The number of urea groups is 1. The van der Waals surface area contributed by atoms with Gasteiger partial charge in [0.25, 0.3) is 5.91 Å². The lowest BCUT2D eigenvalue weighted by molar-refractivity contribution is 0.0992. The van der Waals surface area contributed by atoms with Crippen molar-refractivity contribution in [2.24, 2.45) is 0 Å². The fourth-order valence-corrected chi connectivity index (χ4v) is 4.13. The van der Waals surface area contributed by atoms with Crippen LogP contribution < -0.4 is 15.5 Å². The van der Waals surface area contributed by atoms with Crippen molar-refractivity contribution in [3.05, 3.63) is 70.2 Å². The number of anilines is 3. The van der Waals surface area contributed by atoms with Gasteiger partial charge in [-0.2, -0.15) is 0 Å². The molecule has 0 radical (unpaired) electrons. The van der Waals surface area contributed by atoms with Crippen LogP contribution in [0.3, 0.4) is 0 Å². The quantitative estimate of drug-likeness (QED) is 0.684. The molecule has 4 rings (SSSR count). The van der Waals surface area contributed by atoms with E-state index in [4.69, 9.17) is 0 Å². The summed E-state index contributed by atoms with van der Waals surface area (Å²) in [5, 5.41) is 5.88. The molecule has 0 spiro atoms. The first-order valence-electron chi connectivity index (χ1n) is 9.03. The third kappa shape index (κ3) is 3.61. The summed E-state index contributed by atoms with van der Waals surface area (Å²) in [5.41, 5.74) is 4.56. The number of benzene rings is 2. The minimum absolute atomic E-state index is 0.0769. The summed E-state index contributed by atoms with van der Waals surface area (Å²) in [6, 6.07) is 15.1. The highest BCUT2D eigenvalue weighted by Gasteiger charge is 2.28. The maximum atomic E-state index is 13.0. The molecule has 0 aliphatic carbocycles. The van der Waals surface area contributed by atoms with Gasteiger partial charge in [-0.1, -0.05) is 47.2 Å². The van der Waals surface area contributed by atoms with E-state index in [9.17, 15) is 9.59 Å². The highest BCUT2D eigenvalue weighted by Crippen LogP contribution is 2.32. The molecule has 2 N–H and O–H groups in total. The third-order valence-corrected chi connectivity index (χ3v) is 5.71. The zero-order chi connectivity index (χ0) is 19.7. The number of carbonyl (C=O) groups is 2. The fraction of sp³-hybridized carbons (Fsp3) is 0.190. The number of hydrogen-bond donors (Lipinski definition) is 2. The van der Waals surface area contributed by atoms with Crippen molar-refractivity contribution in [2.45, 2.75) is 20.3 Å². The molecule has 28 heavy (non-hydrogen) atoms. The lowest BCUT2D eigenvalue weighted by atomic mass is 10.2. The number of aryl methyl sites for hydroxylation is 2. The van der Waals surface area contributed by atoms with Crippen molar-refractivity contribution >= 4 is 39.8 Å². The molecule has 2 heterocycles. The number of thiazole rings is 1. The van der Waals surface area contributed by atoms with Crippen LogP contribution in [0, 0.1) is 13.8 Å². The zero-order valence-electron chi connectivity index (χ0n) is 15.7. The summed E-state index contributed by atoms with van der Waals surface area (Å²) in [5.74, 6) is -0.0769. The number of nitrogens with zero attached hydrogens (tertiary/aromatic N) is 2. The second kappa shape index (κ2) is 7.44. The minimum atomic E-state index is -0.386. The van der Waals surface area contributed by atoms with Gasteiger partial charge >= 0.3 is 6.03 Å². The summed E-state index contributed by atoms with van der Waals surface area (Å²) < 4.78 is 0. The Hall–Kier alpha value is -3.19. The van der Waals surface area contributed by atoms with Crippen LogP contribution in [0.4, 0.5) is 21.3 Å². The van der Waals surface area contributed by atoms with Gasteiger partial charge in [0.1, 0.15) is 4.88 Å². The second-order valence-electron chi connectivity index (χ2n) is 6.71. The van der Waals surface area contributed by atoms with E-state index in [-0.39, 0.29) is 11.9 Å². The Morgan fingerprint density at radius 3 is 2.57 bits per heavy atom. The molecule has 0 unspecified atom stereocenters. The molecular weight excluding hydrogens is 372 g/mol. The van der Waals surface area contributed by atoms with E-state index in [1.807, 2.05) is 55.5 Å². The average molecular weight is 392 g/mol. The molecule has 0 saturated carbocycles. The van der Waals surface area contributed by atoms with Crippen molar-refractivity contribution in [2.75, 3.05) is 22.1 Å². The number of amides is 3. The second-order valence-corrected chi connectivity index (χ2v) is 7.71. The van der Waals surface area contributed by atoms with Crippen molar-refractivity contribution < 1.29 is 9.59 Å². The first-order chi connectivity index (χ1) is 13.5. The molecule has 3 amide bonds. The van der Waals surface area contributed by atoms with Crippen LogP contribution in [0.5, 0.6) is 0 Å². The van der Waals surface area contributed by atoms with Crippen molar-refractivity contribution in [1.29, 1.82) is 0 Å². The van der Waals surface area contributed by atoms with Gasteiger partial charge in [0.15, 0.2) is 5.13 Å². The lowest BCUT2D eigenvalue weighted by Crippen LogP contribution is -2.28. The van der Waals surface area contributed by atoms with Crippen molar-refractivity contribution in [3.8, 4) is 0 Å². The Morgan fingerprint density at radius 1 is 1.04 bits per heavy atom. The summed E-state index contributed by atoms with van der Waals surface area (Å²) in [4.78, 5) is 31.9. The smallest absolute Gasteiger partial charge is 0.308 e. The molecule has 0 fully saturated rings. The molecule has 7 heteroatoms. The molecule has 0 bridgehead atoms.